The molecule has 0 atom stereocenters. The summed E-state index contributed by atoms with van der Waals surface area (Å²) in [7, 11) is 3.60. The second-order valence-corrected chi connectivity index (χ2v) is 2.85. The van der Waals surface area contributed by atoms with Crippen LogP contribution < -0.4 is 5.32 Å². The molecular weight excluding hydrogens is 152 g/mol. The summed E-state index contributed by atoms with van der Waals surface area (Å²) in [6, 6.07) is 0. The van der Waals surface area contributed by atoms with Crippen molar-refractivity contribution in [3.63, 3.8) is 0 Å². The molecule has 0 rings (SSSR count). The molecule has 0 heterocycles. The highest BCUT2D eigenvalue weighted by atomic mass is 16.2. The van der Waals surface area contributed by atoms with Gasteiger partial charge in [0.25, 0.3) is 0 Å². The van der Waals surface area contributed by atoms with Crippen LogP contribution in [-0.2, 0) is 4.79 Å². The SMILES string of the molecule is C=C(CN(C)C(=O)CCC)NC. The Balaban J connectivity index is 3.78. The van der Waals surface area contributed by atoms with Crippen molar-refractivity contribution in [3.05, 3.63) is 12.3 Å². The lowest BCUT2D eigenvalue weighted by Crippen LogP contribution is -2.30. The molecule has 1 amide bonds. The third kappa shape index (κ3) is 4.01. The molecule has 0 aromatic carbocycles. The van der Waals surface area contributed by atoms with Crippen molar-refractivity contribution < 1.29 is 4.79 Å². The summed E-state index contributed by atoms with van der Waals surface area (Å²) in [5.41, 5.74) is 0.863. The maximum Gasteiger partial charge on any atom is 0.222 e. The van der Waals surface area contributed by atoms with Crippen LogP contribution >= 0.6 is 0 Å². The number of rotatable bonds is 5. The highest BCUT2D eigenvalue weighted by molar-refractivity contribution is 5.75. The molecule has 0 aromatic heterocycles. The van der Waals surface area contributed by atoms with E-state index in [-0.39, 0.29) is 5.91 Å². The lowest BCUT2D eigenvalue weighted by Gasteiger charge is -2.17. The first-order chi connectivity index (χ1) is 5.61. The first-order valence-corrected chi connectivity index (χ1v) is 4.21. The summed E-state index contributed by atoms with van der Waals surface area (Å²) in [4.78, 5) is 12.9. The van der Waals surface area contributed by atoms with E-state index in [0.29, 0.717) is 13.0 Å². The normalized spacial score (nSPS) is 9.25. The molecule has 0 aliphatic heterocycles. The van der Waals surface area contributed by atoms with Gasteiger partial charge in [0.1, 0.15) is 0 Å². The molecule has 0 radical (unpaired) electrons. The molecule has 0 aliphatic rings. The Morgan fingerprint density at radius 1 is 1.58 bits per heavy atom. The summed E-state index contributed by atoms with van der Waals surface area (Å²) >= 11 is 0. The molecule has 0 aliphatic carbocycles. The Labute approximate surface area is 74.4 Å². The van der Waals surface area contributed by atoms with E-state index in [1.807, 2.05) is 6.92 Å². The molecular formula is C9H18N2O. The van der Waals surface area contributed by atoms with Crippen LogP contribution in [0.2, 0.25) is 0 Å². The quantitative estimate of drug-likeness (QED) is 0.667. The van der Waals surface area contributed by atoms with Crippen LogP contribution in [0.15, 0.2) is 12.3 Å². The van der Waals surface area contributed by atoms with Crippen LogP contribution in [0.25, 0.3) is 0 Å². The Hall–Kier alpha value is -0.990. The monoisotopic (exact) mass is 170 g/mol. The smallest absolute Gasteiger partial charge is 0.222 e. The summed E-state index contributed by atoms with van der Waals surface area (Å²) in [6.45, 7) is 6.34. The number of carbonyl (C=O) groups excluding carboxylic acids is 1. The predicted octanol–water partition coefficient (Wildman–Crippen LogP) is 0.978. The summed E-state index contributed by atoms with van der Waals surface area (Å²) in [5, 5.41) is 2.90. The van der Waals surface area contributed by atoms with Crippen molar-refractivity contribution in [2.75, 3.05) is 20.6 Å². The van der Waals surface area contributed by atoms with Crippen LogP contribution in [0.1, 0.15) is 19.8 Å². The molecule has 0 fully saturated rings. The van der Waals surface area contributed by atoms with Gasteiger partial charge in [0, 0.05) is 26.2 Å². The van der Waals surface area contributed by atoms with E-state index < -0.39 is 0 Å². The molecule has 0 unspecified atom stereocenters. The van der Waals surface area contributed by atoms with Gasteiger partial charge in [-0.3, -0.25) is 4.79 Å². The standard InChI is InChI=1S/C9H18N2O/c1-5-6-9(12)11(4)7-8(2)10-3/h10H,2,5-7H2,1,3-4H3. The van der Waals surface area contributed by atoms with Crippen LogP contribution in [0.4, 0.5) is 0 Å². The first kappa shape index (κ1) is 11.0. The van der Waals surface area contributed by atoms with Crippen LogP contribution in [0.3, 0.4) is 0 Å². The lowest BCUT2D eigenvalue weighted by molar-refractivity contribution is -0.129. The third-order valence-electron chi connectivity index (χ3n) is 1.67. The number of nitrogens with zero attached hydrogens (tertiary/aromatic N) is 1. The molecule has 3 nitrogen and oxygen atoms in total. The summed E-state index contributed by atoms with van der Waals surface area (Å²) < 4.78 is 0. The zero-order chi connectivity index (χ0) is 9.56. The minimum atomic E-state index is 0.175. The topological polar surface area (TPSA) is 32.3 Å². The molecule has 1 N–H and O–H groups in total. The largest absolute Gasteiger partial charge is 0.390 e. The van der Waals surface area contributed by atoms with Gasteiger partial charge in [0.15, 0.2) is 0 Å². The molecule has 0 saturated carbocycles. The Bertz CT molecular complexity index is 166. The lowest BCUT2D eigenvalue weighted by atomic mass is 10.3. The fourth-order valence-corrected chi connectivity index (χ4v) is 0.858. The molecule has 0 spiro atoms. The van der Waals surface area contributed by atoms with Crippen LogP contribution in [-0.4, -0.2) is 31.4 Å². The van der Waals surface area contributed by atoms with Crippen LogP contribution in [0.5, 0.6) is 0 Å². The molecule has 0 saturated heterocycles. The van der Waals surface area contributed by atoms with Gasteiger partial charge in [0.2, 0.25) is 5.91 Å². The highest BCUT2D eigenvalue weighted by Crippen LogP contribution is 1.96. The van der Waals surface area contributed by atoms with Crippen molar-refractivity contribution in [2.24, 2.45) is 0 Å². The Kier molecular flexibility index (Phi) is 5.17. The Morgan fingerprint density at radius 3 is 2.58 bits per heavy atom. The second kappa shape index (κ2) is 5.63. The van der Waals surface area contributed by atoms with Crippen molar-refractivity contribution in [2.45, 2.75) is 19.8 Å². The van der Waals surface area contributed by atoms with E-state index in [1.165, 1.54) is 0 Å². The molecule has 12 heavy (non-hydrogen) atoms. The molecule has 3 heteroatoms. The zero-order valence-electron chi connectivity index (χ0n) is 8.18. The van der Waals surface area contributed by atoms with Crippen LogP contribution in [0, 0.1) is 0 Å². The number of amides is 1. The molecule has 0 aromatic rings. The number of hydrogen-bond acceptors (Lipinski definition) is 2. The van der Waals surface area contributed by atoms with Crippen molar-refractivity contribution >= 4 is 5.91 Å². The average molecular weight is 170 g/mol. The van der Waals surface area contributed by atoms with Gasteiger partial charge in [-0.25, -0.2) is 0 Å². The number of hydrogen-bond donors (Lipinski definition) is 1. The van der Waals surface area contributed by atoms with Crippen molar-refractivity contribution in [3.8, 4) is 0 Å². The van der Waals surface area contributed by atoms with E-state index in [0.717, 1.165) is 12.1 Å². The van der Waals surface area contributed by atoms with Gasteiger partial charge in [-0.2, -0.15) is 0 Å². The van der Waals surface area contributed by atoms with E-state index in [4.69, 9.17) is 0 Å². The summed E-state index contributed by atoms with van der Waals surface area (Å²) in [5.74, 6) is 0.175. The molecule has 0 bridgehead atoms. The van der Waals surface area contributed by atoms with E-state index in [9.17, 15) is 4.79 Å². The van der Waals surface area contributed by atoms with Gasteiger partial charge in [-0.15, -0.1) is 0 Å². The van der Waals surface area contributed by atoms with Gasteiger partial charge in [-0.05, 0) is 6.42 Å². The summed E-state index contributed by atoms with van der Waals surface area (Å²) in [6.07, 6.45) is 1.52. The maximum absolute atomic E-state index is 11.3. The third-order valence-corrected chi connectivity index (χ3v) is 1.67. The highest BCUT2D eigenvalue weighted by Gasteiger charge is 2.06. The van der Waals surface area contributed by atoms with Gasteiger partial charge < -0.3 is 10.2 Å². The van der Waals surface area contributed by atoms with E-state index in [2.05, 4.69) is 11.9 Å². The van der Waals surface area contributed by atoms with Crippen molar-refractivity contribution in [1.29, 1.82) is 0 Å². The predicted molar refractivity (Wildman–Crippen MR) is 50.7 cm³/mol. The van der Waals surface area contributed by atoms with E-state index >= 15 is 0 Å². The van der Waals surface area contributed by atoms with E-state index in [1.54, 1.807) is 19.0 Å². The van der Waals surface area contributed by atoms with Gasteiger partial charge >= 0.3 is 0 Å². The fraction of sp³-hybridized carbons (Fsp3) is 0.667. The number of carbonyl (C=O) groups is 1. The second-order valence-electron chi connectivity index (χ2n) is 2.85. The minimum absolute atomic E-state index is 0.175. The zero-order valence-corrected chi connectivity index (χ0v) is 8.18. The minimum Gasteiger partial charge on any atom is -0.390 e. The average Bonchev–Trinajstić information content (AvgIpc) is 2.04. The Morgan fingerprint density at radius 2 is 2.17 bits per heavy atom. The number of likely N-dealkylation sites (N-methyl/N-ethyl adjacent to an activating group) is 2. The number of nitrogens with one attached hydrogen (secondary N) is 1. The fourth-order valence-electron chi connectivity index (χ4n) is 0.858. The first-order valence-electron chi connectivity index (χ1n) is 4.21. The maximum atomic E-state index is 11.3. The van der Waals surface area contributed by atoms with Gasteiger partial charge in [0.05, 0.1) is 6.54 Å². The van der Waals surface area contributed by atoms with Crippen molar-refractivity contribution in [1.82, 2.24) is 10.2 Å². The van der Waals surface area contributed by atoms with Gasteiger partial charge in [-0.1, -0.05) is 13.5 Å². The molecule has 70 valence electrons.